The highest BCUT2D eigenvalue weighted by molar-refractivity contribution is 6.33. The summed E-state index contributed by atoms with van der Waals surface area (Å²) in [7, 11) is 0. The van der Waals surface area contributed by atoms with Crippen LogP contribution in [0, 0.1) is 0 Å². The van der Waals surface area contributed by atoms with Crippen LogP contribution < -0.4 is 4.90 Å². The Balaban J connectivity index is 2.28. The quantitative estimate of drug-likeness (QED) is 0.857. The van der Waals surface area contributed by atoms with Gasteiger partial charge in [-0.2, -0.15) is 0 Å². The molecule has 5 nitrogen and oxygen atoms in total. The van der Waals surface area contributed by atoms with Gasteiger partial charge >= 0.3 is 5.97 Å². The molecule has 0 bridgehead atoms. The molecule has 1 aliphatic rings. The normalized spacial score (nSPS) is 24.1. The molecule has 98 valence electrons. The third-order valence-corrected chi connectivity index (χ3v) is 3.37. The van der Waals surface area contributed by atoms with Gasteiger partial charge in [-0.05, 0) is 25.8 Å². The second-order valence-electron chi connectivity index (χ2n) is 4.85. The summed E-state index contributed by atoms with van der Waals surface area (Å²) in [6, 6.07) is 1.45. The number of carboxylic acid groups (broad SMARTS) is 1. The van der Waals surface area contributed by atoms with Gasteiger partial charge in [0.1, 0.15) is 5.82 Å². The summed E-state index contributed by atoms with van der Waals surface area (Å²) in [5.74, 6) is -0.538. The van der Waals surface area contributed by atoms with E-state index in [1.165, 1.54) is 12.3 Å². The first-order valence-electron chi connectivity index (χ1n) is 5.75. The second kappa shape index (κ2) is 4.74. The zero-order valence-electron chi connectivity index (χ0n) is 10.1. The molecule has 0 aromatic carbocycles. The van der Waals surface area contributed by atoms with Gasteiger partial charge in [0.15, 0.2) is 0 Å². The lowest BCUT2D eigenvalue weighted by atomic mass is 9.95. The van der Waals surface area contributed by atoms with Crippen molar-refractivity contribution in [1.82, 2.24) is 4.98 Å². The molecule has 1 unspecified atom stereocenters. The van der Waals surface area contributed by atoms with Crippen molar-refractivity contribution in [1.29, 1.82) is 0 Å². The Morgan fingerprint density at radius 2 is 2.33 bits per heavy atom. The summed E-state index contributed by atoms with van der Waals surface area (Å²) in [4.78, 5) is 17.0. The van der Waals surface area contributed by atoms with Crippen molar-refractivity contribution in [2.45, 2.75) is 25.4 Å². The summed E-state index contributed by atoms with van der Waals surface area (Å²) >= 11 is 5.77. The van der Waals surface area contributed by atoms with Gasteiger partial charge in [0.2, 0.25) is 0 Å². The average Bonchev–Trinajstić information content (AvgIpc) is 2.27. The zero-order valence-corrected chi connectivity index (χ0v) is 10.8. The topological polar surface area (TPSA) is 73.7 Å². The lowest BCUT2D eigenvalue weighted by molar-refractivity contribution is 0.0447. The molecule has 0 radical (unpaired) electrons. The number of nitrogens with zero attached hydrogens (tertiary/aromatic N) is 2. The minimum Gasteiger partial charge on any atom is -0.478 e. The fourth-order valence-corrected chi connectivity index (χ4v) is 2.36. The van der Waals surface area contributed by atoms with Crippen LogP contribution in [0.3, 0.4) is 0 Å². The number of anilines is 1. The van der Waals surface area contributed by atoms with E-state index in [0.717, 1.165) is 19.4 Å². The van der Waals surface area contributed by atoms with Crippen LogP contribution in [0.25, 0.3) is 0 Å². The number of rotatable bonds is 2. The summed E-state index contributed by atoms with van der Waals surface area (Å²) in [6.07, 6.45) is 2.92. The Bertz CT molecular complexity index is 476. The van der Waals surface area contributed by atoms with Gasteiger partial charge in [0, 0.05) is 19.3 Å². The Morgan fingerprint density at radius 1 is 1.61 bits per heavy atom. The van der Waals surface area contributed by atoms with Gasteiger partial charge in [-0.3, -0.25) is 0 Å². The Labute approximate surface area is 110 Å². The first-order chi connectivity index (χ1) is 8.39. The first kappa shape index (κ1) is 13.1. The van der Waals surface area contributed by atoms with Crippen LogP contribution in [-0.4, -0.2) is 39.9 Å². The van der Waals surface area contributed by atoms with E-state index in [-0.39, 0.29) is 10.6 Å². The number of piperidine rings is 1. The van der Waals surface area contributed by atoms with Crippen molar-refractivity contribution < 1.29 is 15.0 Å². The maximum Gasteiger partial charge on any atom is 0.337 e. The van der Waals surface area contributed by atoms with Gasteiger partial charge in [0.05, 0.1) is 16.2 Å². The van der Waals surface area contributed by atoms with E-state index >= 15 is 0 Å². The van der Waals surface area contributed by atoms with Gasteiger partial charge in [-0.1, -0.05) is 11.6 Å². The van der Waals surface area contributed by atoms with Gasteiger partial charge < -0.3 is 15.1 Å². The summed E-state index contributed by atoms with van der Waals surface area (Å²) in [6.45, 7) is 2.97. The minimum atomic E-state index is -1.08. The molecular weight excluding hydrogens is 256 g/mol. The van der Waals surface area contributed by atoms with Crippen molar-refractivity contribution in [3.8, 4) is 0 Å². The number of β-amino-alcohol motifs (C(OH)–C–C–N with tert-alkyl or cyclic N) is 1. The number of aliphatic hydroxyl groups is 1. The number of carboxylic acids is 1. The fourth-order valence-electron chi connectivity index (χ4n) is 2.18. The van der Waals surface area contributed by atoms with E-state index in [1.54, 1.807) is 6.92 Å². The van der Waals surface area contributed by atoms with Crippen molar-refractivity contribution in [2.75, 3.05) is 18.0 Å². The highest BCUT2D eigenvalue weighted by atomic mass is 35.5. The van der Waals surface area contributed by atoms with Crippen LogP contribution in [0.1, 0.15) is 30.1 Å². The van der Waals surface area contributed by atoms with Crippen LogP contribution in [0.5, 0.6) is 0 Å². The lowest BCUT2D eigenvalue weighted by Gasteiger charge is -2.37. The van der Waals surface area contributed by atoms with E-state index in [1.807, 2.05) is 4.90 Å². The summed E-state index contributed by atoms with van der Waals surface area (Å²) < 4.78 is 0. The molecule has 1 aliphatic heterocycles. The minimum absolute atomic E-state index is 0.0342. The molecule has 1 aromatic heterocycles. The smallest absolute Gasteiger partial charge is 0.337 e. The highest BCUT2D eigenvalue weighted by Crippen LogP contribution is 2.26. The van der Waals surface area contributed by atoms with E-state index in [2.05, 4.69) is 4.98 Å². The van der Waals surface area contributed by atoms with Crippen LogP contribution in [0.2, 0.25) is 5.02 Å². The SMILES string of the molecule is CC1(O)CCCN(c2cc(C(=O)O)c(Cl)cn2)C1. The molecular formula is C12H15ClN2O3. The van der Waals surface area contributed by atoms with E-state index in [4.69, 9.17) is 16.7 Å². The average molecular weight is 271 g/mol. The molecule has 6 heteroatoms. The second-order valence-corrected chi connectivity index (χ2v) is 5.26. The molecule has 0 aliphatic carbocycles. The lowest BCUT2D eigenvalue weighted by Crippen LogP contribution is -2.46. The third-order valence-electron chi connectivity index (χ3n) is 3.07. The molecule has 1 aromatic rings. The number of pyridine rings is 1. The van der Waals surface area contributed by atoms with Gasteiger partial charge in [-0.25, -0.2) is 9.78 Å². The standard InChI is InChI=1S/C12H15ClN2O3/c1-12(18)3-2-4-15(7-12)10-5-8(11(16)17)9(13)6-14-10/h5-6,18H,2-4,7H2,1H3,(H,16,17). The van der Waals surface area contributed by atoms with Crippen LogP contribution in [0.15, 0.2) is 12.3 Å². The number of hydrogen-bond donors (Lipinski definition) is 2. The molecule has 0 saturated carbocycles. The van der Waals surface area contributed by atoms with E-state index in [0.29, 0.717) is 12.4 Å². The summed E-state index contributed by atoms with van der Waals surface area (Å²) in [5, 5.41) is 19.2. The number of carbonyl (C=O) groups is 1. The Hall–Kier alpha value is -1.33. The fraction of sp³-hybridized carbons (Fsp3) is 0.500. The van der Waals surface area contributed by atoms with Crippen LogP contribution in [0.4, 0.5) is 5.82 Å². The molecule has 2 heterocycles. The molecule has 2 N–H and O–H groups in total. The molecule has 0 spiro atoms. The van der Waals surface area contributed by atoms with Gasteiger partial charge in [0.25, 0.3) is 0 Å². The largest absolute Gasteiger partial charge is 0.478 e. The van der Waals surface area contributed by atoms with Crippen LogP contribution >= 0.6 is 11.6 Å². The predicted molar refractivity (Wildman–Crippen MR) is 68.3 cm³/mol. The van der Waals surface area contributed by atoms with Gasteiger partial charge in [-0.15, -0.1) is 0 Å². The zero-order chi connectivity index (χ0) is 13.3. The monoisotopic (exact) mass is 270 g/mol. The summed E-state index contributed by atoms with van der Waals surface area (Å²) in [5.41, 5.74) is -0.727. The third kappa shape index (κ3) is 2.73. The van der Waals surface area contributed by atoms with E-state index < -0.39 is 11.6 Å². The molecule has 2 rings (SSSR count). The molecule has 1 saturated heterocycles. The Morgan fingerprint density at radius 3 is 2.94 bits per heavy atom. The van der Waals surface area contributed by atoms with Crippen molar-refractivity contribution >= 4 is 23.4 Å². The predicted octanol–water partition coefficient (Wildman–Crippen LogP) is 1.78. The maximum atomic E-state index is 11.0. The van der Waals surface area contributed by atoms with Crippen molar-refractivity contribution in [3.05, 3.63) is 22.8 Å². The molecule has 1 atom stereocenters. The van der Waals surface area contributed by atoms with E-state index in [9.17, 15) is 9.90 Å². The molecule has 0 amide bonds. The number of halogens is 1. The molecule has 1 fully saturated rings. The maximum absolute atomic E-state index is 11.0. The van der Waals surface area contributed by atoms with Crippen LogP contribution in [-0.2, 0) is 0 Å². The highest BCUT2D eigenvalue weighted by Gasteiger charge is 2.29. The number of aromatic nitrogens is 1. The number of hydrogen-bond acceptors (Lipinski definition) is 4. The van der Waals surface area contributed by atoms with Crippen molar-refractivity contribution in [2.24, 2.45) is 0 Å². The van der Waals surface area contributed by atoms with Crippen molar-refractivity contribution in [3.63, 3.8) is 0 Å². The molecule has 18 heavy (non-hydrogen) atoms. The Kier molecular flexibility index (Phi) is 3.45. The number of aromatic carboxylic acids is 1. The first-order valence-corrected chi connectivity index (χ1v) is 6.13.